The largest absolute Gasteiger partial charge is 0.353 e. The number of benzene rings is 1. The lowest BCUT2D eigenvalue weighted by molar-refractivity contribution is 0.0747. The van der Waals surface area contributed by atoms with Crippen molar-refractivity contribution in [2.75, 3.05) is 36.4 Å². The van der Waals surface area contributed by atoms with Crippen molar-refractivity contribution in [2.24, 2.45) is 0 Å². The zero-order valence-electron chi connectivity index (χ0n) is 16.1. The highest BCUT2D eigenvalue weighted by atomic mass is 32.1. The van der Waals surface area contributed by atoms with Crippen LogP contribution in [-0.2, 0) is 0 Å². The van der Waals surface area contributed by atoms with E-state index in [-0.39, 0.29) is 5.91 Å². The smallest absolute Gasteiger partial charge is 0.254 e. The topological polar surface area (TPSA) is 61.4 Å². The number of thiophene rings is 1. The summed E-state index contributed by atoms with van der Waals surface area (Å²) in [6.07, 6.45) is 0. The van der Waals surface area contributed by atoms with E-state index in [4.69, 9.17) is 0 Å². The zero-order chi connectivity index (χ0) is 19.5. The van der Waals surface area contributed by atoms with Gasteiger partial charge in [-0.1, -0.05) is 17.7 Å². The summed E-state index contributed by atoms with van der Waals surface area (Å²) in [5, 5.41) is 7.20. The first-order chi connectivity index (χ1) is 13.6. The summed E-state index contributed by atoms with van der Waals surface area (Å²) >= 11 is 1.55. The first kappa shape index (κ1) is 18.4. The summed E-state index contributed by atoms with van der Waals surface area (Å²) < 4.78 is 0. The lowest BCUT2D eigenvalue weighted by Crippen LogP contribution is -2.49. The van der Waals surface area contributed by atoms with Crippen molar-refractivity contribution in [2.45, 2.75) is 13.8 Å². The number of rotatable bonds is 4. The van der Waals surface area contributed by atoms with E-state index in [1.54, 1.807) is 11.3 Å². The van der Waals surface area contributed by atoms with Crippen LogP contribution in [0.5, 0.6) is 0 Å². The minimum Gasteiger partial charge on any atom is -0.353 e. The molecule has 1 aliphatic heterocycles. The van der Waals surface area contributed by atoms with Crippen molar-refractivity contribution in [3.05, 3.63) is 64.1 Å². The van der Waals surface area contributed by atoms with Crippen LogP contribution in [0.3, 0.4) is 0 Å². The number of nitrogens with one attached hydrogen (secondary N) is 1. The molecule has 0 bridgehead atoms. The zero-order valence-corrected chi connectivity index (χ0v) is 16.9. The van der Waals surface area contributed by atoms with Gasteiger partial charge in [0.15, 0.2) is 0 Å². The molecule has 1 amide bonds. The fraction of sp³-hybridized carbons (Fsp3) is 0.286. The third-order valence-electron chi connectivity index (χ3n) is 4.81. The Hall–Kier alpha value is -2.93. The molecule has 28 heavy (non-hydrogen) atoms. The number of piperazine rings is 1. The van der Waals surface area contributed by atoms with Crippen LogP contribution in [0.25, 0.3) is 0 Å². The lowest BCUT2D eigenvalue weighted by atomic mass is 10.2. The molecule has 0 radical (unpaired) electrons. The average Bonchev–Trinajstić information content (AvgIpc) is 3.24. The quantitative estimate of drug-likeness (QED) is 0.729. The summed E-state index contributed by atoms with van der Waals surface area (Å²) in [6.45, 7) is 6.88. The van der Waals surface area contributed by atoms with Crippen molar-refractivity contribution < 1.29 is 4.79 Å². The maximum absolute atomic E-state index is 12.5. The normalized spacial score (nSPS) is 14.2. The summed E-state index contributed by atoms with van der Waals surface area (Å²) in [5.41, 5.74) is 3.00. The van der Waals surface area contributed by atoms with Gasteiger partial charge >= 0.3 is 0 Å². The van der Waals surface area contributed by atoms with Gasteiger partial charge in [0.1, 0.15) is 17.5 Å². The van der Waals surface area contributed by atoms with E-state index < -0.39 is 0 Å². The minimum atomic E-state index is 0.112. The number of amides is 1. The van der Waals surface area contributed by atoms with E-state index in [0.29, 0.717) is 13.1 Å². The van der Waals surface area contributed by atoms with Gasteiger partial charge in [0, 0.05) is 43.3 Å². The predicted molar refractivity (Wildman–Crippen MR) is 114 cm³/mol. The molecular weight excluding hydrogens is 370 g/mol. The molecule has 2 aromatic heterocycles. The highest BCUT2D eigenvalue weighted by Crippen LogP contribution is 2.22. The van der Waals surface area contributed by atoms with Gasteiger partial charge < -0.3 is 15.1 Å². The van der Waals surface area contributed by atoms with Crippen LogP contribution < -0.4 is 10.2 Å². The number of aryl methyl sites for hydroxylation is 2. The number of nitrogens with zero attached hydrogens (tertiary/aromatic N) is 4. The molecular formula is C21H23N5OS. The van der Waals surface area contributed by atoms with E-state index in [0.717, 1.165) is 41.8 Å². The van der Waals surface area contributed by atoms with Gasteiger partial charge in [0.05, 0.1) is 5.56 Å². The van der Waals surface area contributed by atoms with Crippen LogP contribution in [0.15, 0.2) is 47.2 Å². The Morgan fingerprint density at radius 1 is 1.04 bits per heavy atom. The number of anilines is 3. The third-order valence-corrected chi connectivity index (χ3v) is 5.49. The molecule has 6 nitrogen and oxygen atoms in total. The van der Waals surface area contributed by atoms with Gasteiger partial charge in [-0.2, -0.15) is 11.3 Å². The van der Waals surface area contributed by atoms with Gasteiger partial charge in [0.2, 0.25) is 0 Å². The molecule has 0 unspecified atom stereocenters. The molecule has 1 fully saturated rings. The van der Waals surface area contributed by atoms with E-state index >= 15 is 0 Å². The van der Waals surface area contributed by atoms with Crippen LogP contribution in [-0.4, -0.2) is 47.0 Å². The van der Waals surface area contributed by atoms with Gasteiger partial charge in [-0.3, -0.25) is 4.79 Å². The molecule has 0 saturated carbocycles. The molecule has 1 aliphatic rings. The molecule has 0 spiro atoms. The van der Waals surface area contributed by atoms with Gasteiger partial charge in [-0.15, -0.1) is 0 Å². The van der Waals surface area contributed by atoms with Gasteiger partial charge in [0.25, 0.3) is 5.91 Å². The minimum absolute atomic E-state index is 0.112. The van der Waals surface area contributed by atoms with Crippen molar-refractivity contribution >= 4 is 34.6 Å². The van der Waals surface area contributed by atoms with Gasteiger partial charge in [-0.25, -0.2) is 9.97 Å². The third kappa shape index (κ3) is 4.14. The number of carbonyl (C=O) groups is 1. The lowest BCUT2D eigenvalue weighted by Gasteiger charge is -2.35. The summed E-state index contributed by atoms with van der Waals surface area (Å²) in [7, 11) is 0. The number of aromatic nitrogens is 2. The molecule has 0 atom stereocenters. The van der Waals surface area contributed by atoms with Crippen molar-refractivity contribution in [3.63, 3.8) is 0 Å². The van der Waals surface area contributed by atoms with Crippen molar-refractivity contribution in [3.8, 4) is 0 Å². The summed E-state index contributed by atoms with van der Waals surface area (Å²) in [6, 6.07) is 12.1. The SMILES string of the molecule is Cc1ccc(Nc2cc(N3CCN(C(=O)c4ccsc4)CC3)nc(C)n2)cc1. The van der Waals surface area contributed by atoms with Crippen LogP contribution in [0.4, 0.5) is 17.3 Å². The van der Waals surface area contributed by atoms with Crippen LogP contribution in [0.2, 0.25) is 0 Å². The standard InChI is InChI=1S/C21H23N5OS/c1-15-3-5-18(6-4-15)24-19-13-20(23-16(2)22-19)25-8-10-26(11-9-25)21(27)17-7-12-28-14-17/h3-7,12-14H,8-11H2,1-2H3,(H,22,23,24). The highest BCUT2D eigenvalue weighted by molar-refractivity contribution is 7.08. The number of carbonyl (C=O) groups excluding carboxylic acids is 1. The van der Waals surface area contributed by atoms with Crippen LogP contribution in [0.1, 0.15) is 21.7 Å². The Morgan fingerprint density at radius 3 is 2.46 bits per heavy atom. The molecule has 144 valence electrons. The molecule has 4 rings (SSSR count). The Kier molecular flexibility index (Phi) is 5.25. The maximum Gasteiger partial charge on any atom is 0.254 e. The molecule has 3 aromatic rings. The molecule has 0 aliphatic carbocycles. The van der Waals surface area contributed by atoms with Gasteiger partial charge in [-0.05, 0) is 37.4 Å². The molecule has 1 saturated heterocycles. The fourth-order valence-electron chi connectivity index (χ4n) is 3.27. The van der Waals surface area contributed by atoms with E-state index in [2.05, 4.69) is 39.2 Å². The average molecular weight is 394 g/mol. The molecule has 7 heteroatoms. The van der Waals surface area contributed by atoms with Crippen molar-refractivity contribution in [1.29, 1.82) is 0 Å². The fourth-order valence-corrected chi connectivity index (χ4v) is 3.90. The Morgan fingerprint density at radius 2 is 1.79 bits per heavy atom. The van der Waals surface area contributed by atoms with E-state index in [9.17, 15) is 4.79 Å². The van der Waals surface area contributed by atoms with E-state index in [1.165, 1.54) is 5.56 Å². The van der Waals surface area contributed by atoms with Crippen LogP contribution in [0, 0.1) is 13.8 Å². The highest BCUT2D eigenvalue weighted by Gasteiger charge is 2.23. The summed E-state index contributed by atoms with van der Waals surface area (Å²) in [5.74, 6) is 2.51. The second-order valence-corrected chi connectivity index (χ2v) is 7.72. The second kappa shape index (κ2) is 7.98. The monoisotopic (exact) mass is 393 g/mol. The maximum atomic E-state index is 12.5. The van der Waals surface area contributed by atoms with Crippen LogP contribution >= 0.6 is 11.3 Å². The number of hydrogen-bond donors (Lipinski definition) is 1. The number of hydrogen-bond acceptors (Lipinski definition) is 6. The Bertz CT molecular complexity index is 947. The second-order valence-electron chi connectivity index (χ2n) is 6.94. The van der Waals surface area contributed by atoms with E-state index in [1.807, 2.05) is 46.8 Å². The predicted octanol–water partition coefficient (Wildman–Crippen LogP) is 3.86. The van der Waals surface area contributed by atoms with Crippen molar-refractivity contribution in [1.82, 2.24) is 14.9 Å². The Balaban J connectivity index is 1.44. The molecule has 3 heterocycles. The molecule has 1 N–H and O–H groups in total. The Labute approximate surface area is 168 Å². The first-order valence-electron chi connectivity index (χ1n) is 9.34. The summed E-state index contributed by atoms with van der Waals surface area (Å²) in [4.78, 5) is 25.8. The molecule has 1 aromatic carbocycles. The first-order valence-corrected chi connectivity index (χ1v) is 10.3.